The molecule has 1 saturated heterocycles. The van der Waals surface area contributed by atoms with E-state index >= 15 is 0 Å². The maximum Gasteiger partial charge on any atom is 0.438 e. The Morgan fingerprint density at radius 2 is 1.90 bits per heavy atom. The van der Waals surface area contributed by atoms with E-state index in [-0.39, 0.29) is 26.3 Å². The number of esters is 1. The summed E-state index contributed by atoms with van der Waals surface area (Å²) < 4.78 is 20.9. The first-order valence-corrected chi connectivity index (χ1v) is 13.2. The van der Waals surface area contributed by atoms with E-state index in [9.17, 15) is 19.2 Å². The van der Waals surface area contributed by atoms with Crippen LogP contribution in [-0.4, -0.2) is 64.5 Å². The third-order valence-electron chi connectivity index (χ3n) is 6.30. The van der Waals surface area contributed by atoms with Gasteiger partial charge in [-0.05, 0) is 46.1 Å². The minimum atomic E-state index is -0.713. The molecule has 1 unspecified atom stereocenters. The lowest BCUT2D eigenvalue weighted by Gasteiger charge is -2.28. The van der Waals surface area contributed by atoms with E-state index < -0.39 is 47.4 Å². The lowest BCUT2D eigenvalue weighted by molar-refractivity contribution is -0.150. The number of carbonyl (C=O) groups excluding carboxylic acids is 3. The average Bonchev–Trinajstić information content (AvgIpc) is 3.48. The smallest absolute Gasteiger partial charge is 0.438 e. The number of aromatic nitrogens is 2. The summed E-state index contributed by atoms with van der Waals surface area (Å²) in [6, 6.07) is 8.77. The van der Waals surface area contributed by atoms with Crippen molar-refractivity contribution in [2.24, 2.45) is 11.8 Å². The summed E-state index contributed by atoms with van der Waals surface area (Å²) >= 11 is 0. The van der Waals surface area contributed by atoms with Gasteiger partial charge >= 0.3 is 23.9 Å². The molecule has 0 radical (unpaired) electrons. The molecule has 0 saturated carbocycles. The van der Waals surface area contributed by atoms with Crippen LogP contribution in [0.25, 0.3) is 0 Å². The standard InChI is InChI=1S/C27H38N4O8/c1-5-36-23(32)19(13-9-10-14-22-29-25(34)39-30-22)20-15-31(16-21(20)28-24(33)38-27(2,3)4)26(35)37-17-18-11-7-6-8-12-18/h6-8,11-12,19-21H,5,9-10,13-17H2,1-4H3,(H,28,33)(H,29,30,34)/t19?,20-,21+/m1/s1. The fourth-order valence-corrected chi connectivity index (χ4v) is 4.59. The first-order chi connectivity index (χ1) is 18.6. The Morgan fingerprint density at radius 3 is 2.54 bits per heavy atom. The molecule has 12 heteroatoms. The molecule has 0 bridgehead atoms. The molecule has 12 nitrogen and oxygen atoms in total. The number of hydrogen-bond acceptors (Lipinski definition) is 9. The summed E-state index contributed by atoms with van der Waals surface area (Å²) in [7, 11) is 0. The number of rotatable bonds is 11. The van der Waals surface area contributed by atoms with E-state index in [0.29, 0.717) is 31.5 Å². The number of amides is 2. The Labute approximate surface area is 227 Å². The second kappa shape index (κ2) is 13.8. The molecule has 0 aliphatic carbocycles. The zero-order valence-electron chi connectivity index (χ0n) is 22.9. The van der Waals surface area contributed by atoms with Gasteiger partial charge in [-0.2, -0.15) is 0 Å². The van der Waals surface area contributed by atoms with E-state index in [0.717, 1.165) is 5.56 Å². The van der Waals surface area contributed by atoms with Gasteiger partial charge in [-0.3, -0.25) is 14.3 Å². The maximum absolute atomic E-state index is 13.1. The number of nitrogens with one attached hydrogen (secondary N) is 2. The maximum atomic E-state index is 13.1. The molecule has 214 valence electrons. The average molecular weight is 547 g/mol. The minimum absolute atomic E-state index is 0.108. The molecule has 39 heavy (non-hydrogen) atoms. The van der Waals surface area contributed by atoms with Crippen LogP contribution in [0.15, 0.2) is 39.6 Å². The molecule has 1 aliphatic rings. The van der Waals surface area contributed by atoms with Crippen molar-refractivity contribution in [3.8, 4) is 0 Å². The molecule has 1 aromatic carbocycles. The highest BCUT2D eigenvalue weighted by molar-refractivity contribution is 5.74. The minimum Gasteiger partial charge on any atom is -0.466 e. The fraction of sp³-hybridized carbons (Fsp3) is 0.593. The number of ether oxygens (including phenoxy) is 3. The zero-order valence-corrected chi connectivity index (χ0v) is 22.9. The molecule has 2 N–H and O–H groups in total. The van der Waals surface area contributed by atoms with E-state index in [1.54, 1.807) is 27.7 Å². The molecule has 1 aromatic heterocycles. The van der Waals surface area contributed by atoms with Crippen molar-refractivity contribution in [3.05, 3.63) is 52.3 Å². The van der Waals surface area contributed by atoms with Gasteiger partial charge in [0.2, 0.25) is 0 Å². The van der Waals surface area contributed by atoms with Crippen molar-refractivity contribution in [1.29, 1.82) is 0 Å². The van der Waals surface area contributed by atoms with Crippen LogP contribution >= 0.6 is 0 Å². The lowest BCUT2D eigenvalue weighted by atomic mass is 9.84. The van der Waals surface area contributed by atoms with Crippen molar-refractivity contribution in [1.82, 2.24) is 20.4 Å². The summed E-state index contributed by atoms with van der Waals surface area (Å²) in [6.45, 7) is 7.68. The number of likely N-dealkylation sites (tertiary alicyclic amines) is 1. The van der Waals surface area contributed by atoms with Gasteiger partial charge < -0.3 is 24.4 Å². The van der Waals surface area contributed by atoms with Gasteiger partial charge in [0.05, 0.1) is 18.6 Å². The number of aromatic amines is 1. The molecule has 1 fully saturated rings. The van der Waals surface area contributed by atoms with Crippen molar-refractivity contribution in [3.63, 3.8) is 0 Å². The molecule has 1 aliphatic heterocycles. The van der Waals surface area contributed by atoms with E-state index in [4.69, 9.17) is 14.2 Å². The second-order valence-corrected chi connectivity index (χ2v) is 10.5. The normalized spacial score (nSPS) is 17.9. The first-order valence-electron chi connectivity index (χ1n) is 13.2. The summed E-state index contributed by atoms with van der Waals surface area (Å²) in [5.74, 6) is -1.59. The molecule has 3 atom stereocenters. The summed E-state index contributed by atoms with van der Waals surface area (Å²) in [6.07, 6.45) is 1.02. The molecule has 2 amide bonds. The third-order valence-corrected chi connectivity index (χ3v) is 6.30. The van der Waals surface area contributed by atoms with Gasteiger partial charge in [-0.1, -0.05) is 41.9 Å². The van der Waals surface area contributed by atoms with E-state index in [1.165, 1.54) is 4.90 Å². The van der Waals surface area contributed by atoms with Crippen LogP contribution in [0, 0.1) is 11.8 Å². The number of H-pyrrole nitrogens is 1. The van der Waals surface area contributed by atoms with Crippen molar-refractivity contribution < 1.29 is 33.1 Å². The number of benzene rings is 1. The van der Waals surface area contributed by atoms with Crippen LogP contribution in [-0.2, 0) is 32.0 Å². The molecule has 3 rings (SSSR count). The van der Waals surface area contributed by atoms with Gasteiger partial charge in [0.15, 0.2) is 5.82 Å². The fourth-order valence-electron chi connectivity index (χ4n) is 4.59. The summed E-state index contributed by atoms with van der Waals surface area (Å²) in [5, 5.41) is 6.52. The van der Waals surface area contributed by atoms with Crippen LogP contribution < -0.4 is 11.1 Å². The van der Waals surface area contributed by atoms with Gasteiger partial charge in [0, 0.05) is 25.4 Å². The largest absolute Gasteiger partial charge is 0.466 e. The molecular weight excluding hydrogens is 508 g/mol. The van der Waals surface area contributed by atoms with Gasteiger partial charge in [0.25, 0.3) is 0 Å². The summed E-state index contributed by atoms with van der Waals surface area (Å²) in [4.78, 5) is 53.9. The van der Waals surface area contributed by atoms with E-state index in [2.05, 4.69) is 20.0 Å². The molecule has 2 aromatic rings. The van der Waals surface area contributed by atoms with Gasteiger partial charge in [-0.15, -0.1) is 0 Å². The molecule has 0 spiro atoms. The van der Waals surface area contributed by atoms with Crippen LogP contribution in [0.2, 0.25) is 0 Å². The lowest BCUT2D eigenvalue weighted by Crippen LogP contribution is -2.46. The molecule has 2 heterocycles. The molecular formula is C27H38N4O8. The van der Waals surface area contributed by atoms with Crippen LogP contribution in [0.1, 0.15) is 58.3 Å². The van der Waals surface area contributed by atoms with Crippen LogP contribution in [0.5, 0.6) is 0 Å². The number of unbranched alkanes of at least 4 members (excludes halogenated alkanes) is 1. The number of carbonyl (C=O) groups is 3. The van der Waals surface area contributed by atoms with Gasteiger partial charge in [0.1, 0.15) is 12.2 Å². The van der Waals surface area contributed by atoms with E-state index in [1.807, 2.05) is 30.3 Å². The Bertz CT molecular complexity index is 1140. The highest BCUT2D eigenvalue weighted by atomic mass is 16.6. The third kappa shape index (κ3) is 9.45. The predicted octanol–water partition coefficient (Wildman–Crippen LogP) is 3.42. The van der Waals surface area contributed by atoms with Crippen molar-refractivity contribution >= 4 is 18.2 Å². The van der Waals surface area contributed by atoms with Crippen LogP contribution in [0.3, 0.4) is 0 Å². The highest BCUT2D eigenvalue weighted by Crippen LogP contribution is 2.31. The highest BCUT2D eigenvalue weighted by Gasteiger charge is 2.44. The summed E-state index contributed by atoms with van der Waals surface area (Å²) in [5.41, 5.74) is 0.137. The number of hydrogen-bond donors (Lipinski definition) is 2. The van der Waals surface area contributed by atoms with Crippen molar-refractivity contribution in [2.75, 3.05) is 19.7 Å². The Balaban J connectivity index is 1.71. The topological polar surface area (TPSA) is 153 Å². The quantitative estimate of drug-likeness (QED) is 0.245. The Morgan fingerprint density at radius 1 is 1.15 bits per heavy atom. The second-order valence-electron chi connectivity index (χ2n) is 10.5. The van der Waals surface area contributed by atoms with Gasteiger partial charge in [-0.25, -0.2) is 14.4 Å². The first kappa shape index (κ1) is 29.7. The number of nitrogens with zero attached hydrogens (tertiary/aromatic N) is 2. The van der Waals surface area contributed by atoms with Crippen molar-refractivity contribution in [2.45, 2.75) is 71.6 Å². The Hall–Kier alpha value is -3.83. The predicted molar refractivity (Wildman–Crippen MR) is 140 cm³/mol. The number of aryl methyl sites for hydroxylation is 1. The SMILES string of the molecule is CCOC(=O)C(CCCCc1noc(=O)[nH]1)[C@H]1CN(C(=O)OCc2ccccc2)C[C@@H]1NC(=O)OC(C)(C)C. The monoisotopic (exact) mass is 546 g/mol. The van der Waals surface area contributed by atoms with Crippen LogP contribution in [0.4, 0.5) is 9.59 Å². The zero-order chi connectivity index (χ0) is 28.4. The Kier molecular flexibility index (Phi) is 10.5. The number of alkyl carbamates (subject to hydrolysis) is 1.